The fourth-order valence-electron chi connectivity index (χ4n) is 1.81. The van der Waals surface area contributed by atoms with Crippen LogP contribution in [0.3, 0.4) is 0 Å². The molecule has 0 unspecified atom stereocenters. The van der Waals surface area contributed by atoms with Gasteiger partial charge in [-0.25, -0.2) is 0 Å². The Balaban J connectivity index is 2.14. The highest BCUT2D eigenvalue weighted by Crippen LogP contribution is 2.45. The van der Waals surface area contributed by atoms with Gasteiger partial charge < -0.3 is 9.61 Å². The van der Waals surface area contributed by atoms with Crippen LogP contribution >= 0.6 is 30.7 Å². The molecule has 0 aliphatic rings. The summed E-state index contributed by atoms with van der Waals surface area (Å²) in [6.45, 7) is 3.57. The minimum absolute atomic E-state index is 0.436. The average molecular weight is 344 g/mol. The summed E-state index contributed by atoms with van der Waals surface area (Å²) >= 11 is 12.0. The smallest absolute Gasteiger partial charge is 0.338 e. The minimum Gasteiger partial charge on any atom is -0.429 e. The van der Waals surface area contributed by atoms with E-state index in [0.29, 0.717) is 21.5 Å². The van der Waals surface area contributed by atoms with Gasteiger partial charge in [-0.2, -0.15) is 0 Å². The number of nitrogens with one attached hydrogen (secondary N) is 1. The Bertz CT molecular complexity index is 674. The molecule has 0 amide bonds. The van der Waals surface area contributed by atoms with Crippen LogP contribution < -0.4 is 9.61 Å². The zero-order chi connectivity index (χ0) is 15.5. The van der Waals surface area contributed by atoms with Crippen molar-refractivity contribution in [3.05, 3.63) is 58.1 Å². The van der Waals surface area contributed by atoms with E-state index in [4.69, 9.17) is 27.7 Å². The molecule has 0 heterocycles. The Hall–Kier alpha value is -1.15. The van der Waals surface area contributed by atoms with Crippen molar-refractivity contribution in [1.29, 1.82) is 0 Å². The second-order valence-corrected chi connectivity index (χ2v) is 7.61. The Labute approximate surface area is 134 Å². The summed E-state index contributed by atoms with van der Waals surface area (Å²) in [7, 11) is -3.10. The molecule has 0 aliphatic heterocycles. The molecule has 0 aromatic heterocycles. The summed E-state index contributed by atoms with van der Waals surface area (Å²) in [5.74, 6) is 0.545. The molecule has 0 saturated carbocycles. The third-order valence-electron chi connectivity index (χ3n) is 2.86. The third kappa shape index (κ3) is 4.67. The minimum atomic E-state index is -3.10. The van der Waals surface area contributed by atoms with E-state index in [1.165, 1.54) is 12.2 Å². The van der Waals surface area contributed by atoms with Gasteiger partial charge in [-0.3, -0.25) is 4.57 Å². The predicted octanol–water partition coefficient (Wildman–Crippen LogP) is 5.87. The second kappa shape index (κ2) is 6.74. The van der Waals surface area contributed by atoms with E-state index in [2.05, 4.69) is 12.0 Å². The highest BCUT2D eigenvalue weighted by molar-refractivity contribution is 7.60. The first-order valence-electron chi connectivity index (χ1n) is 6.49. The van der Waals surface area contributed by atoms with Gasteiger partial charge in [-0.05, 0) is 42.3 Å². The molecular weight excluding hydrogens is 328 g/mol. The molecule has 0 aliphatic carbocycles. The summed E-state index contributed by atoms with van der Waals surface area (Å²) in [6, 6.07) is 12.4. The first kappa shape index (κ1) is 16.2. The molecule has 2 rings (SSSR count). The van der Waals surface area contributed by atoms with Crippen molar-refractivity contribution in [2.24, 2.45) is 0 Å². The van der Waals surface area contributed by atoms with Crippen molar-refractivity contribution in [3.63, 3.8) is 0 Å². The molecule has 0 saturated heterocycles. The zero-order valence-corrected chi connectivity index (χ0v) is 14.2. The van der Waals surface area contributed by atoms with Gasteiger partial charge in [0.1, 0.15) is 5.75 Å². The van der Waals surface area contributed by atoms with Crippen LogP contribution in [0.4, 0.5) is 5.69 Å². The summed E-state index contributed by atoms with van der Waals surface area (Å²) in [5, 5.41) is 3.77. The quantitative estimate of drug-likeness (QED) is 0.690. The molecule has 0 bridgehead atoms. The SMILES string of the molecule is CCc1ccc(O[P@](C)(=O)Nc2cc(Cl)ccc2Cl)cc1. The number of halogens is 2. The topological polar surface area (TPSA) is 38.3 Å². The third-order valence-corrected chi connectivity index (χ3v) is 4.63. The standard InChI is InChI=1S/C15H16Cl2NO2P/c1-3-11-4-7-13(8-5-11)20-21(2,19)18-15-10-12(16)6-9-14(15)17/h4-10H,3H2,1-2H3,(H,18,19)/t21-/m0/s1. The maximum absolute atomic E-state index is 12.5. The van der Waals surface area contributed by atoms with Crippen LogP contribution in [0.2, 0.25) is 10.0 Å². The molecule has 2 aromatic carbocycles. The molecule has 2 aromatic rings. The number of hydrogen-bond acceptors (Lipinski definition) is 2. The van der Waals surface area contributed by atoms with Gasteiger partial charge >= 0.3 is 7.52 Å². The molecule has 1 N–H and O–H groups in total. The van der Waals surface area contributed by atoms with Crippen molar-refractivity contribution in [1.82, 2.24) is 0 Å². The second-order valence-electron chi connectivity index (χ2n) is 4.67. The van der Waals surface area contributed by atoms with Crippen LogP contribution in [0.15, 0.2) is 42.5 Å². The van der Waals surface area contributed by atoms with Gasteiger partial charge in [-0.1, -0.05) is 42.3 Å². The van der Waals surface area contributed by atoms with Crippen molar-refractivity contribution < 1.29 is 9.09 Å². The van der Waals surface area contributed by atoms with E-state index in [9.17, 15) is 4.57 Å². The molecule has 21 heavy (non-hydrogen) atoms. The lowest BCUT2D eigenvalue weighted by molar-refractivity contribution is 0.493. The lowest BCUT2D eigenvalue weighted by Gasteiger charge is -2.18. The monoisotopic (exact) mass is 343 g/mol. The van der Waals surface area contributed by atoms with Crippen LogP contribution in [0.1, 0.15) is 12.5 Å². The summed E-state index contributed by atoms with van der Waals surface area (Å²) < 4.78 is 18.1. The number of hydrogen-bond donors (Lipinski definition) is 1. The highest BCUT2D eigenvalue weighted by Gasteiger charge is 2.19. The van der Waals surface area contributed by atoms with Crippen LogP contribution in [-0.2, 0) is 11.0 Å². The molecule has 0 fully saturated rings. The lowest BCUT2D eigenvalue weighted by Crippen LogP contribution is -2.02. The van der Waals surface area contributed by atoms with Gasteiger partial charge in [-0.15, -0.1) is 0 Å². The summed E-state index contributed by atoms with van der Waals surface area (Å²) in [6.07, 6.45) is 0.945. The lowest BCUT2D eigenvalue weighted by atomic mass is 10.2. The summed E-state index contributed by atoms with van der Waals surface area (Å²) in [4.78, 5) is 0. The van der Waals surface area contributed by atoms with Gasteiger partial charge in [0.25, 0.3) is 0 Å². The number of aryl methyl sites for hydroxylation is 1. The van der Waals surface area contributed by atoms with Gasteiger partial charge in [0, 0.05) is 11.7 Å². The average Bonchev–Trinajstić information content (AvgIpc) is 2.43. The van der Waals surface area contributed by atoms with Gasteiger partial charge in [0.05, 0.1) is 10.7 Å². The van der Waals surface area contributed by atoms with E-state index in [1.807, 2.05) is 12.1 Å². The first-order valence-corrected chi connectivity index (χ1v) is 9.32. The van der Waals surface area contributed by atoms with E-state index >= 15 is 0 Å². The molecule has 0 radical (unpaired) electrons. The normalized spacial score (nSPS) is 13.5. The van der Waals surface area contributed by atoms with E-state index < -0.39 is 7.52 Å². The number of rotatable bonds is 5. The highest BCUT2D eigenvalue weighted by atomic mass is 35.5. The van der Waals surface area contributed by atoms with E-state index in [1.54, 1.807) is 30.3 Å². The Morgan fingerprint density at radius 1 is 1.14 bits per heavy atom. The largest absolute Gasteiger partial charge is 0.429 e. The Morgan fingerprint density at radius 2 is 1.81 bits per heavy atom. The predicted molar refractivity (Wildman–Crippen MR) is 90.1 cm³/mol. The van der Waals surface area contributed by atoms with Crippen LogP contribution in [0, 0.1) is 0 Å². The summed E-state index contributed by atoms with van der Waals surface area (Å²) in [5.41, 5.74) is 1.68. The van der Waals surface area contributed by atoms with E-state index in [0.717, 1.165) is 6.42 Å². The van der Waals surface area contributed by atoms with Gasteiger partial charge in [0.2, 0.25) is 0 Å². The molecule has 3 nitrogen and oxygen atoms in total. The number of benzene rings is 2. The molecule has 0 spiro atoms. The zero-order valence-electron chi connectivity index (χ0n) is 11.8. The van der Waals surface area contributed by atoms with Crippen LogP contribution in [0.25, 0.3) is 0 Å². The van der Waals surface area contributed by atoms with Crippen LogP contribution in [0.5, 0.6) is 5.75 Å². The molecular formula is C15H16Cl2NO2P. The first-order chi connectivity index (χ1) is 9.89. The van der Waals surface area contributed by atoms with Crippen molar-refractivity contribution >= 4 is 36.4 Å². The van der Waals surface area contributed by atoms with Crippen molar-refractivity contribution in [2.45, 2.75) is 13.3 Å². The molecule has 112 valence electrons. The van der Waals surface area contributed by atoms with Crippen molar-refractivity contribution in [2.75, 3.05) is 11.8 Å². The maximum atomic E-state index is 12.5. The fourth-order valence-corrected chi connectivity index (χ4v) is 3.41. The Kier molecular flexibility index (Phi) is 5.21. The number of anilines is 1. The van der Waals surface area contributed by atoms with Gasteiger partial charge in [0.15, 0.2) is 0 Å². The van der Waals surface area contributed by atoms with Crippen molar-refractivity contribution in [3.8, 4) is 5.75 Å². The molecule has 6 heteroatoms. The fraction of sp³-hybridized carbons (Fsp3) is 0.200. The molecule has 1 atom stereocenters. The van der Waals surface area contributed by atoms with Crippen LogP contribution in [-0.4, -0.2) is 6.66 Å². The van der Waals surface area contributed by atoms with E-state index in [-0.39, 0.29) is 0 Å². The Morgan fingerprint density at radius 3 is 2.43 bits per heavy atom. The maximum Gasteiger partial charge on any atom is 0.338 e.